The minimum absolute atomic E-state index is 0.0739. The third kappa shape index (κ3) is 3.60. The molecule has 0 radical (unpaired) electrons. The summed E-state index contributed by atoms with van der Waals surface area (Å²) in [4.78, 5) is 8.40. The molecular formula is C19H13N5O2S2. The van der Waals surface area contributed by atoms with E-state index >= 15 is 0 Å². The zero-order valence-corrected chi connectivity index (χ0v) is 16.2. The van der Waals surface area contributed by atoms with Gasteiger partial charge in [0.2, 0.25) is 5.89 Å². The molecule has 0 aliphatic heterocycles. The first-order chi connectivity index (χ1) is 13.7. The van der Waals surface area contributed by atoms with E-state index in [-0.39, 0.29) is 11.3 Å². The summed E-state index contributed by atoms with van der Waals surface area (Å²) in [5.41, 5.74) is 1.70. The highest BCUT2D eigenvalue weighted by atomic mass is 32.2. The van der Waals surface area contributed by atoms with Crippen molar-refractivity contribution in [2.45, 2.75) is 17.4 Å². The Morgan fingerprint density at radius 2 is 2.00 bits per heavy atom. The maximum absolute atomic E-state index is 10.6. The molecule has 1 N–H and O–H groups in total. The highest BCUT2D eigenvalue weighted by molar-refractivity contribution is 7.99. The van der Waals surface area contributed by atoms with Gasteiger partial charge in [0.1, 0.15) is 22.4 Å². The van der Waals surface area contributed by atoms with Crippen LogP contribution in [0.25, 0.3) is 27.2 Å². The van der Waals surface area contributed by atoms with Crippen LogP contribution in [0.4, 0.5) is 0 Å². The van der Waals surface area contributed by atoms with E-state index in [1.165, 1.54) is 23.1 Å². The number of para-hydroxylation sites is 1. The van der Waals surface area contributed by atoms with Gasteiger partial charge in [-0.1, -0.05) is 23.9 Å². The second-order valence-electron chi connectivity index (χ2n) is 5.73. The zero-order chi connectivity index (χ0) is 19.5. The third-order valence-electron chi connectivity index (χ3n) is 3.87. The third-order valence-corrected chi connectivity index (χ3v) is 5.87. The molecule has 0 saturated carbocycles. The van der Waals surface area contributed by atoms with E-state index in [4.69, 9.17) is 4.42 Å². The van der Waals surface area contributed by atoms with Crippen molar-refractivity contribution >= 4 is 38.9 Å². The number of rotatable bonds is 5. The molecule has 3 aromatic heterocycles. The van der Waals surface area contributed by atoms with E-state index in [0.29, 0.717) is 16.1 Å². The first-order valence-corrected chi connectivity index (χ1v) is 9.95. The number of hydrogen-bond acceptors (Lipinski definition) is 9. The highest BCUT2D eigenvalue weighted by Crippen LogP contribution is 2.33. The van der Waals surface area contributed by atoms with Crippen molar-refractivity contribution < 1.29 is 9.52 Å². The van der Waals surface area contributed by atoms with Crippen LogP contribution in [0, 0.1) is 11.3 Å². The molecule has 7 nitrogen and oxygen atoms in total. The first kappa shape index (κ1) is 18.2. The normalized spacial score (nSPS) is 13.1. The van der Waals surface area contributed by atoms with Gasteiger partial charge in [-0.15, -0.1) is 21.5 Å². The number of thioether (sulfide) groups is 1. The van der Waals surface area contributed by atoms with Crippen LogP contribution in [0.15, 0.2) is 64.2 Å². The van der Waals surface area contributed by atoms with Gasteiger partial charge in [0.05, 0.1) is 15.5 Å². The molecule has 0 spiro atoms. The monoisotopic (exact) mass is 407 g/mol. The summed E-state index contributed by atoms with van der Waals surface area (Å²) in [7, 11) is 0. The summed E-state index contributed by atoms with van der Waals surface area (Å²) in [5.74, 6) is 0.294. The maximum Gasteiger partial charge on any atom is 0.277 e. The highest BCUT2D eigenvalue weighted by Gasteiger charge is 2.21. The van der Waals surface area contributed by atoms with E-state index in [1.807, 2.05) is 24.3 Å². The van der Waals surface area contributed by atoms with E-state index in [9.17, 15) is 10.4 Å². The maximum atomic E-state index is 10.6. The Morgan fingerprint density at radius 1 is 1.21 bits per heavy atom. The van der Waals surface area contributed by atoms with E-state index in [2.05, 4.69) is 26.2 Å². The summed E-state index contributed by atoms with van der Waals surface area (Å²) in [6.45, 7) is 1.76. The molecule has 0 aliphatic rings. The first-order valence-electron chi connectivity index (χ1n) is 8.25. The SMILES string of the molecule is CC(Sc1nnc(-c2ccncc2)o1)/C(O)=C(\C#N)c1nc2ccccc2s1. The summed E-state index contributed by atoms with van der Waals surface area (Å²) in [6.07, 6.45) is 3.28. The average molecular weight is 407 g/mol. The number of aromatic nitrogens is 4. The van der Waals surface area contributed by atoms with E-state index in [0.717, 1.165) is 15.8 Å². The lowest BCUT2D eigenvalue weighted by atomic mass is 10.2. The molecule has 0 fully saturated rings. The van der Waals surface area contributed by atoms with Crippen molar-refractivity contribution in [3.63, 3.8) is 0 Å². The summed E-state index contributed by atoms with van der Waals surface area (Å²) < 4.78 is 6.60. The molecule has 0 aliphatic carbocycles. The average Bonchev–Trinajstić information content (AvgIpc) is 3.36. The van der Waals surface area contributed by atoms with Crippen molar-refractivity contribution in [2.24, 2.45) is 0 Å². The van der Waals surface area contributed by atoms with Crippen LogP contribution in [0.5, 0.6) is 0 Å². The van der Waals surface area contributed by atoms with Crippen molar-refractivity contribution in [3.8, 4) is 17.5 Å². The van der Waals surface area contributed by atoms with Crippen LogP contribution in [0.3, 0.4) is 0 Å². The minimum atomic E-state index is -0.465. The second-order valence-corrected chi connectivity index (χ2v) is 8.05. The lowest BCUT2D eigenvalue weighted by Crippen LogP contribution is -2.04. The molecule has 28 heavy (non-hydrogen) atoms. The topological polar surface area (TPSA) is 109 Å². The van der Waals surface area contributed by atoms with Gasteiger partial charge in [-0.2, -0.15) is 5.26 Å². The summed E-state index contributed by atoms with van der Waals surface area (Å²) >= 11 is 2.54. The van der Waals surface area contributed by atoms with Gasteiger partial charge in [-0.25, -0.2) is 4.98 Å². The zero-order valence-electron chi connectivity index (χ0n) is 14.6. The number of nitriles is 1. The number of benzene rings is 1. The smallest absolute Gasteiger partial charge is 0.277 e. The lowest BCUT2D eigenvalue weighted by Gasteiger charge is -2.08. The Kier molecular flexibility index (Phi) is 5.06. The van der Waals surface area contributed by atoms with Gasteiger partial charge in [-0.05, 0) is 31.2 Å². The summed E-state index contributed by atoms with van der Waals surface area (Å²) in [5, 5.41) is 28.6. The molecule has 9 heteroatoms. The Balaban J connectivity index is 1.58. The Labute approximate surface area is 168 Å². The molecule has 1 aromatic carbocycles. The van der Waals surface area contributed by atoms with Crippen LogP contribution >= 0.6 is 23.1 Å². The molecule has 0 saturated heterocycles. The molecule has 1 atom stereocenters. The number of pyridine rings is 1. The van der Waals surface area contributed by atoms with Crippen LogP contribution in [-0.4, -0.2) is 30.5 Å². The Hall–Kier alpha value is -3.22. The van der Waals surface area contributed by atoms with Crippen LogP contribution in [0.2, 0.25) is 0 Å². The van der Waals surface area contributed by atoms with E-state index in [1.54, 1.807) is 31.5 Å². The molecule has 3 heterocycles. The van der Waals surface area contributed by atoms with Gasteiger partial charge >= 0.3 is 0 Å². The molecule has 138 valence electrons. The Bertz CT molecular complexity index is 1160. The molecular weight excluding hydrogens is 394 g/mol. The van der Waals surface area contributed by atoms with E-state index < -0.39 is 5.25 Å². The number of allylic oxidation sites excluding steroid dienone is 1. The second kappa shape index (κ2) is 7.80. The fraction of sp³-hybridized carbons (Fsp3) is 0.105. The number of fused-ring (bicyclic) bond motifs is 1. The molecule has 0 amide bonds. The van der Waals surface area contributed by atoms with Gasteiger partial charge in [-0.3, -0.25) is 4.98 Å². The fourth-order valence-corrected chi connectivity index (χ4v) is 4.19. The molecule has 4 rings (SSSR count). The van der Waals surface area contributed by atoms with Gasteiger partial charge < -0.3 is 9.52 Å². The van der Waals surface area contributed by atoms with Gasteiger partial charge in [0.25, 0.3) is 5.22 Å². The molecule has 0 bridgehead atoms. The van der Waals surface area contributed by atoms with Crippen LogP contribution in [-0.2, 0) is 0 Å². The van der Waals surface area contributed by atoms with Crippen molar-refractivity contribution in [3.05, 3.63) is 59.6 Å². The van der Waals surface area contributed by atoms with Crippen molar-refractivity contribution in [1.82, 2.24) is 20.2 Å². The molecule has 1 unspecified atom stereocenters. The fourth-order valence-electron chi connectivity index (χ4n) is 2.47. The lowest BCUT2D eigenvalue weighted by molar-refractivity contribution is 0.400. The van der Waals surface area contributed by atoms with Crippen molar-refractivity contribution in [2.75, 3.05) is 0 Å². The number of aliphatic hydroxyl groups is 1. The predicted molar refractivity (Wildman–Crippen MR) is 108 cm³/mol. The van der Waals surface area contributed by atoms with Crippen LogP contribution in [0.1, 0.15) is 11.9 Å². The van der Waals surface area contributed by atoms with Gasteiger partial charge in [0, 0.05) is 18.0 Å². The van der Waals surface area contributed by atoms with Crippen molar-refractivity contribution in [1.29, 1.82) is 5.26 Å². The quantitative estimate of drug-likeness (QED) is 0.288. The Morgan fingerprint density at radius 3 is 2.75 bits per heavy atom. The number of thiazole rings is 1. The number of nitrogens with zero attached hydrogens (tertiary/aromatic N) is 5. The molecule has 4 aromatic rings. The number of aliphatic hydroxyl groups excluding tert-OH is 1. The van der Waals surface area contributed by atoms with Crippen LogP contribution < -0.4 is 0 Å². The number of hydrogen-bond donors (Lipinski definition) is 1. The van der Waals surface area contributed by atoms with Gasteiger partial charge in [0.15, 0.2) is 0 Å². The summed E-state index contributed by atoms with van der Waals surface area (Å²) in [6, 6.07) is 13.2. The minimum Gasteiger partial charge on any atom is -0.510 e. The largest absolute Gasteiger partial charge is 0.510 e. The predicted octanol–water partition coefficient (Wildman–Crippen LogP) is 4.71. The standard InChI is InChI=1S/C19H13N5O2S2/c1-11(27-19-24-23-17(26-19)12-6-8-21-9-7-12)16(25)13(10-20)18-22-14-4-2-3-5-15(14)28-18/h2-9,11,25H,1H3/b16-13-.